The molecule has 0 saturated carbocycles. The summed E-state index contributed by atoms with van der Waals surface area (Å²) in [6.45, 7) is 0. The van der Waals surface area contributed by atoms with Crippen molar-refractivity contribution in [3.63, 3.8) is 0 Å². The summed E-state index contributed by atoms with van der Waals surface area (Å²) in [6, 6.07) is 6.61. The lowest BCUT2D eigenvalue weighted by atomic mass is 10.2. The van der Waals surface area contributed by atoms with E-state index < -0.39 is 15.9 Å². The third kappa shape index (κ3) is 4.01. The molecule has 0 aliphatic heterocycles. The maximum Gasteiger partial charge on any atom is 0.229 e. The van der Waals surface area contributed by atoms with Gasteiger partial charge in [-0.05, 0) is 6.07 Å². The van der Waals surface area contributed by atoms with Crippen LogP contribution in [0.5, 0.6) is 0 Å². The van der Waals surface area contributed by atoms with Crippen LogP contribution in [0.1, 0.15) is 5.56 Å². The lowest BCUT2D eigenvalue weighted by Crippen LogP contribution is -2.15. The summed E-state index contributed by atoms with van der Waals surface area (Å²) in [5, 5.41) is 0. The molecule has 0 amide bonds. The van der Waals surface area contributed by atoms with E-state index in [-0.39, 0.29) is 0 Å². The summed E-state index contributed by atoms with van der Waals surface area (Å²) in [5.41, 5.74) is 0.300. The zero-order valence-corrected chi connectivity index (χ0v) is 10.3. The van der Waals surface area contributed by atoms with Crippen LogP contribution in [-0.4, -0.2) is 14.7 Å². The van der Waals surface area contributed by atoms with E-state index in [0.29, 0.717) is 10.0 Å². The molecule has 3 nitrogen and oxygen atoms in total. The van der Waals surface area contributed by atoms with Crippen molar-refractivity contribution in [3.05, 3.63) is 40.5 Å². The fourth-order valence-electron chi connectivity index (χ4n) is 0.891. The molecule has 15 heavy (non-hydrogen) atoms. The quantitative estimate of drug-likeness (QED) is 0.929. The van der Waals surface area contributed by atoms with E-state index in [9.17, 15) is 12.8 Å². The topological polar surface area (TPSA) is 46.2 Å². The smallest absolute Gasteiger partial charge is 0.229 e. The van der Waals surface area contributed by atoms with Crippen LogP contribution < -0.4 is 4.72 Å². The van der Waals surface area contributed by atoms with E-state index in [1.165, 1.54) is 0 Å². The van der Waals surface area contributed by atoms with Crippen LogP contribution >= 0.6 is 15.9 Å². The van der Waals surface area contributed by atoms with Crippen LogP contribution in [0.3, 0.4) is 0 Å². The number of hydrogen-bond donors (Lipinski definition) is 1. The normalized spacial score (nSPS) is 12.6. The highest BCUT2D eigenvalue weighted by atomic mass is 79.9. The Kier molecular flexibility index (Phi) is 3.87. The minimum absolute atomic E-state index is 0.300. The van der Waals surface area contributed by atoms with Gasteiger partial charge in [0.25, 0.3) is 0 Å². The van der Waals surface area contributed by atoms with E-state index in [0.717, 1.165) is 12.5 Å². The lowest BCUT2D eigenvalue weighted by molar-refractivity contribution is 0.596. The SMILES string of the molecule is CS(=O)(=O)N/C=C(/F)c1ccccc1Br. The Balaban J connectivity index is 2.95. The van der Waals surface area contributed by atoms with Gasteiger partial charge in [0, 0.05) is 16.2 Å². The van der Waals surface area contributed by atoms with Gasteiger partial charge < -0.3 is 0 Å². The maximum absolute atomic E-state index is 13.4. The van der Waals surface area contributed by atoms with Gasteiger partial charge in [-0.1, -0.05) is 34.1 Å². The van der Waals surface area contributed by atoms with Crippen LogP contribution in [0.15, 0.2) is 34.9 Å². The van der Waals surface area contributed by atoms with Crippen molar-refractivity contribution < 1.29 is 12.8 Å². The summed E-state index contributed by atoms with van der Waals surface area (Å²) < 4.78 is 37.4. The molecule has 0 heterocycles. The molecule has 0 unspecified atom stereocenters. The van der Waals surface area contributed by atoms with Gasteiger partial charge in [-0.2, -0.15) is 0 Å². The first-order chi connectivity index (χ1) is 6.90. The first kappa shape index (κ1) is 12.2. The first-order valence-electron chi connectivity index (χ1n) is 3.98. The molecule has 0 fully saturated rings. The predicted molar refractivity (Wildman–Crippen MR) is 61.2 cm³/mol. The van der Waals surface area contributed by atoms with Gasteiger partial charge in [-0.3, -0.25) is 4.72 Å². The van der Waals surface area contributed by atoms with Crippen molar-refractivity contribution in [2.45, 2.75) is 0 Å². The summed E-state index contributed by atoms with van der Waals surface area (Å²) in [5.74, 6) is -0.645. The number of rotatable bonds is 3. The van der Waals surface area contributed by atoms with E-state index in [2.05, 4.69) is 15.9 Å². The Labute approximate surface area is 96.2 Å². The number of halogens is 2. The van der Waals surface area contributed by atoms with Gasteiger partial charge in [0.2, 0.25) is 10.0 Å². The van der Waals surface area contributed by atoms with Crippen LogP contribution in [0.25, 0.3) is 5.83 Å². The zero-order valence-electron chi connectivity index (χ0n) is 7.87. The Morgan fingerprint density at radius 1 is 1.47 bits per heavy atom. The minimum Gasteiger partial charge on any atom is -0.288 e. The Hall–Kier alpha value is -0.880. The molecule has 1 N–H and O–H groups in total. The highest BCUT2D eigenvalue weighted by Crippen LogP contribution is 2.24. The summed E-state index contributed by atoms with van der Waals surface area (Å²) >= 11 is 3.16. The van der Waals surface area contributed by atoms with E-state index in [1.807, 2.05) is 4.72 Å². The third-order valence-corrected chi connectivity index (χ3v) is 2.77. The minimum atomic E-state index is -3.42. The Morgan fingerprint density at radius 3 is 2.60 bits per heavy atom. The van der Waals surface area contributed by atoms with Crippen molar-refractivity contribution >= 4 is 31.8 Å². The van der Waals surface area contributed by atoms with Crippen molar-refractivity contribution in [2.24, 2.45) is 0 Å². The van der Waals surface area contributed by atoms with Gasteiger partial charge in [0.1, 0.15) is 5.83 Å². The third-order valence-electron chi connectivity index (χ3n) is 1.53. The molecule has 0 aliphatic rings. The standard InChI is InChI=1S/C9H9BrFNO2S/c1-15(13,14)12-6-9(11)7-4-2-3-5-8(7)10/h2-6,12H,1H3/b9-6+. The van der Waals surface area contributed by atoms with E-state index in [1.54, 1.807) is 24.3 Å². The predicted octanol–water partition coefficient (Wildman–Crippen LogP) is 2.27. The molecule has 1 aromatic carbocycles. The van der Waals surface area contributed by atoms with Crippen molar-refractivity contribution in [1.29, 1.82) is 0 Å². The fourth-order valence-corrected chi connectivity index (χ4v) is 1.68. The molecule has 1 aromatic rings. The van der Waals surface area contributed by atoms with Crippen LogP contribution in [0, 0.1) is 0 Å². The van der Waals surface area contributed by atoms with Crippen molar-refractivity contribution in [3.8, 4) is 0 Å². The summed E-state index contributed by atoms with van der Waals surface area (Å²) in [6.07, 6.45) is 1.77. The molecule has 6 heteroatoms. The van der Waals surface area contributed by atoms with Gasteiger partial charge in [-0.15, -0.1) is 0 Å². The average Bonchev–Trinajstić information content (AvgIpc) is 2.14. The fraction of sp³-hybridized carbons (Fsp3) is 0.111. The average molecular weight is 294 g/mol. The van der Waals surface area contributed by atoms with E-state index >= 15 is 0 Å². The molecule has 0 radical (unpaired) electrons. The van der Waals surface area contributed by atoms with E-state index in [4.69, 9.17) is 0 Å². The second-order valence-corrected chi connectivity index (χ2v) is 5.50. The molecule has 1 rings (SSSR count). The summed E-state index contributed by atoms with van der Waals surface area (Å²) in [7, 11) is -3.42. The molecule has 0 spiro atoms. The Bertz CT molecular complexity index is 485. The monoisotopic (exact) mass is 293 g/mol. The maximum atomic E-state index is 13.4. The van der Waals surface area contributed by atoms with Crippen molar-refractivity contribution in [2.75, 3.05) is 6.26 Å². The highest BCUT2D eigenvalue weighted by molar-refractivity contribution is 9.10. The van der Waals surface area contributed by atoms with Crippen molar-refractivity contribution in [1.82, 2.24) is 4.72 Å². The Morgan fingerprint density at radius 2 is 2.07 bits per heavy atom. The molecule has 0 aliphatic carbocycles. The molecule has 0 aromatic heterocycles. The largest absolute Gasteiger partial charge is 0.288 e. The second kappa shape index (κ2) is 4.76. The molecule has 0 bridgehead atoms. The second-order valence-electron chi connectivity index (χ2n) is 2.86. The summed E-state index contributed by atoms with van der Waals surface area (Å²) in [4.78, 5) is 0. The number of hydrogen-bond acceptors (Lipinski definition) is 2. The number of sulfonamides is 1. The van der Waals surface area contributed by atoms with Crippen LogP contribution in [0.4, 0.5) is 4.39 Å². The van der Waals surface area contributed by atoms with Crippen LogP contribution in [-0.2, 0) is 10.0 Å². The zero-order chi connectivity index (χ0) is 11.5. The molecule has 0 atom stereocenters. The van der Waals surface area contributed by atoms with Gasteiger partial charge in [0.05, 0.1) is 6.26 Å². The highest BCUT2D eigenvalue weighted by Gasteiger charge is 2.05. The lowest BCUT2D eigenvalue weighted by Gasteiger charge is -2.01. The molecular formula is C9H9BrFNO2S. The van der Waals surface area contributed by atoms with Gasteiger partial charge in [-0.25, -0.2) is 12.8 Å². The molecular weight excluding hydrogens is 285 g/mol. The first-order valence-corrected chi connectivity index (χ1v) is 6.66. The number of nitrogens with one attached hydrogen (secondary N) is 1. The van der Waals surface area contributed by atoms with Gasteiger partial charge >= 0.3 is 0 Å². The van der Waals surface area contributed by atoms with Gasteiger partial charge in [0.15, 0.2) is 0 Å². The molecule has 0 saturated heterocycles. The molecule has 82 valence electrons. The number of benzene rings is 1. The van der Waals surface area contributed by atoms with Crippen LogP contribution in [0.2, 0.25) is 0 Å².